The molecule has 1 rings (SSSR count). The minimum Gasteiger partial charge on any atom is -0.326 e. The summed E-state index contributed by atoms with van der Waals surface area (Å²) in [5, 5.41) is 4.64. The molecule has 0 saturated heterocycles. The molecule has 0 unspecified atom stereocenters. The molecule has 1 aromatic heterocycles. The summed E-state index contributed by atoms with van der Waals surface area (Å²) in [6.07, 6.45) is 3.60. The second-order valence-electron chi connectivity index (χ2n) is 1.35. The molecule has 0 fully saturated rings. The highest BCUT2D eigenvalue weighted by molar-refractivity contribution is 8.00. The normalized spacial score (nSPS) is 10.0. The maximum atomic E-state index is 5.36. The van der Waals surface area contributed by atoms with Crippen LogP contribution in [0, 0.1) is 6.26 Å². The Bertz CT molecular complexity index is 167. The van der Waals surface area contributed by atoms with Crippen molar-refractivity contribution in [2.75, 3.05) is 0 Å². The predicted molar refractivity (Wildman–Crippen MR) is 39.0 cm³/mol. The third-order valence-corrected chi connectivity index (χ3v) is 2.32. The van der Waals surface area contributed by atoms with Gasteiger partial charge in [-0.25, -0.2) is 0 Å². The lowest BCUT2D eigenvalue weighted by Crippen LogP contribution is -1.93. The average molecular weight is 160 g/mol. The van der Waals surface area contributed by atoms with Crippen LogP contribution in [0.25, 0.3) is 0 Å². The summed E-state index contributed by atoms with van der Waals surface area (Å²) in [4.78, 5) is 1.01. The van der Waals surface area contributed by atoms with Gasteiger partial charge in [0.15, 0.2) is 0 Å². The maximum Gasteiger partial charge on any atom is 0.136 e. The van der Waals surface area contributed by atoms with Gasteiger partial charge in [0.25, 0.3) is 0 Å². The summed E-state index contributed by atoms with van der Waals surface area (Å²) in [6.45, 7) is 0.509. The Morgan fingerprint density at radius 2 is 2.56 bits per heavy atom. The summed E-state index contributed by atoms with van der Waals surface area (Å²) in [5.74, 6) is 0. The number of rotatable bonds is 2. The third kappa shape index (κ3) is 1.41. The molecule has 0 spiro atoms. The molecule has 0 aliphatic carbocycles. The SMILES string of the molecule is [CH2]Sc1nnsc1CN. The van der Waals surface area contributed by atoms with Crippen molar-refractivity contribution in [3.63, 3.8) is 0 Å². The lowest BCUT2D eigenvalue weighted by Gasteiger charge is -1.88. The quantitative estimate of drug-likeness (QED) is 0.652. The first kappa shape index (κ1) is 6.98. The van der Waals surface area contributed by atoms with Gasteiger partial charge in [0.2, 0.25) is 0 Å². The van der Waals surface area contributed by atoms with E-state index >= 15 is 0 Å². The van der Waals surface area contributed by atoms with Gasteiger partial charge < -0.3 is 5.73 Å². The van der Waals surface area contributed by atoms with Crippen LogP contribution >= 0.6 is 23.3 Å². The highest BCUT2D eigenvalue weighted by Gasteiger charge is 2.02. The minimum absolute atomic E-state index is 0.509. The zero-order valence-electron chi connectivity index (χ0n) is 4.70. The van der Waals surface area contributed by atoms with E-state index in [1.807, 2.05) is 0 Å². The lowest BCUT2D eigenvalue weighted by atomic mass is 10.6. The maximum absolute atomic E-state index is 5.36. The smallest absolute Gasteiger partial charge is 0.136 e. The number of hydrogen-bond donors (Lipinski definition) is 1. The van der Waals surface area contributed by atoms with Gasteiger partial charge in [0, 0.05) is 12.8 Å². The molecule has 0 atom stereocenters. The molecule has 1 heterocycles. The van der Waals surface area contributed by atoms with E-state index in [1.165, 1.54) is 23.3 Å². The van der Waals surface area contributed by atoms with Crippen molar-refractivity contribution in [2.24, 2.45) is 5.73 Å². The van der Waals surface area contributed by atoms with Crippen molar-refractivity contribution in [1.29, 1.82) is 0 Å². The van der Waals surface area contributed by atoms with Crippen LogP contribution in [0.3, 0.4) is 0 Å². The van der Waals surface area contributed by atoms with E-state index in [4.69, 9.17) is 5.73 Å². The van der Waals surface area contributed by atoms with Gasteiger partial charge in [-0.1, -0.05) is 4.49 Å². The largest absolute Gasteiger partial charge is 0.326 e. The van der Waals surface area contributed by atoms with E-state index in [0.717, 1.165) is 9.90 Å². The molecule has 1 aromatic rings. The average Bonchev–Trinajstić information content (AvgIpc) is 2.33. The Labute approximate surface area is 61.8 Å². The van der Waals surface area contributed by atoms with E-state index in [-0.39, 0.29) is 0 Å². The van der Waals surface area contributed by atoms with Crippen LogP contribution in [0.5, 0.6) is 0 Å². The van der Waals surface area contributed by atoms with Crippen molar-refractivity contribution < 1.29 is 0 Å². The molecule has 2 N–H and O–H groups in total. The minimum atomic E-state index is 0.509. The van der Waals surface area contributed by atoms with Crippen LogP contribution in [0.1, 0.15) is 4.88 Å². The molecule has 0 aliphatic rings. The van der Waals surface area contributed by atoms with Crippen LogP contribution in [0.4, 0.5) is 0 Å². The fourth-order valence-electron chi connectivity index (χ4n) is 0.436. The fourth-order valence-corrected chi connectivity index (χ4v) is 1.53. The van der Waals surface area contributed by atoms with Gasteiger partial charge in [-0.05, 0) is 11.5 Å². The van der Waals surface area contributed by atoms with Crippen molar-refractivity contribution in [3.05, 3.63) is 11.1 Å². The first-order valence-electron chi connectivity index (χ1n) is 2.31. The van der Waals surface area contributed by atoms with Gasteiger partial charge in [-0.15, -0.1) is 16.9 Å². The van der Waals surface area contributed by atoms with E-state index in [1.54, 1.807) is 0 Å². The Kier molecular flexibility index (Phi) is 2.44. The summed E-state index contributed by atoms with van der Waals surface area (Å²) in [6, 6.07) is 0. The molecule has 1 radical (unpaired) electrons. The highest BCUT2D eigenvalue weighted by atomic mass is 32.2. The zero-order valence-corrected chi connectivity index (χ0v) is 6.34. The monoisotopic (exact) mass is 160 g/mol. The van der Waals surface area contributed by atoms with Crippen LogP contribution < -0.4 is 5.73 Å². The van der Waals surface area contributed by atoms with Crippen molar-refractivity contribution in [3.8, 4) is 0 Å². The van der Waals surface area contributed by atoms with E-state index in [9.17, 15) is 0 Å². The molecule has 0 saturated carbocycles. The lowest BCUT2D eigenvalue weighted by molar-refractivity contribution is 0.974. The molecule has 3 nitrogen and oxygen atoms in total. The zero-order chi connectivity index (χ0) is 6.69. The number of hydrogen-bond acceptors (Lipinski definition) is 5. The second kappa shape index (κ2) is 3.14. The molecular formula is C4H6N3S2. The van der Waals surface area contributed by atoms with Crippen molar-refractivity contribution in [2.45, 2.75) is 11.6 Å². The summed E-state index contributed by atoms with van der Waals surface area (Å²) in [7, 11) is 0. The highest BCUT2D eigenvalue weighted by Crippen LogP contribution is 2.20. The third-order valence-electron chi connectivity index (χ3n) is 0.843. The summed E-state index contributed by atoms with van der Waals surface area (Å²) in [5.41, 5.74) is 5.36. The van der Waals surface area contributed by atoms with Crippen molar-refractivity contribution >= 4 is 23.3 Å². The predicted octanol–water partition coefficient (Wildman–Crippen LogP) is 0.880. The molecule has 9 heavy (non-hydrogen) atoms. The van der Waals surface area contributed by atoms with E-state index in [2.05, 4.69) is 15.8 Å². The Morgan fingerprint density at radius 1 is 1.78 bits per heavy atom. The number of nitrogens with zero attached hydrogens (tertiary/aromatic N) is 2. The molecular weight excluding hydrogens is 154 g/mol. The van der Waals surface area contributed by atoms with Crippen LogP contribution in [-0.2, 0) is 6.54 Å². The summed E-state index contributed by atoms with van der Waals surface area (Å²) < 4.78 is 3.71. The number of thioether (sulfide) groups is 1. The van der Waals surface area contributed by atoms with Crippen LogP contribution in [0.2, 0.25) is 0 Å². The molecule has 0 amide bonds. The van der Waals surface area contributed by atoms with E-state index in [0.29, 0.717) is 6.54 Å². The van der Waals surface area contributed by atoms with Gasteiger partial charge in [-0.2, -0.15) is 0 Å². The van der Waals surface area contributed by atoms with Crippen LogP contribution in [0.15, 0.2) is 5.03 Å². The van der Waals surface area contributed by atoms with Gasteiger partial charge in [0.05, 0.1) is 4.88 Å². The van der Waals surface area contributed by atoms with Crippen LogP contribution in [-0.4, -0.2) is 9.59 Å². The number of aromatic nitrogens is 2. The van der Waals surface area contributed by atoms with Gasteiger partial charge in [0.1, 0.15) is 5.03 Å². The molecule has 0 bridgehead atoms. The topological polar surface area (TPSA) is 51.8 Å². The Balaban J connectivity index is 2.85. The molecule has 0 aliphatic heterocycles. The Hall–Kier alpha value is -0.130. The second-order valence-corrected chi connectivity index (χ2v) is 2.86. The Morgan fingerprint density at radius 3 is 3.00 bits per heavy atom. The first-order valence-corrected chi connectivity index (χ1v) is 4.07. The van der Waals surface area contributed by atoms with E-state index < -0.39 is 0 Å². The fraction of sp³-hybridized carbons (Fsp3) is 0.250. The molecule has 49 valence electrons. The first-order chi connectivity index (χ1) is 4.38. The van der Waals surface area contributed by atoms with Crippen molar-refractivity contribution in [1.82, 2.24) is 9.59 Å². The molecule has 5 heteroatoms. The van der Waals surface area contributed by atoms with Gasteiger partial charge >= 0.3 is 0 Å². The summed E-state index contributed by atoms with van der Waals surface area (Å²) >= 11 is 2.66. The standard InChI is InChI=1S/C4H6N3S2/c1-8-4-3(2-5)9-7-6-4/h1-2,5H2. The number of nitrogens with two attached hydrogens (primary N) is 1. The molecule has 0 aromatic carbocycles. The van der Waals surface area contributed by atoms with Gasteiger partial charge in [-0.3, -0.25) is 0 Å².